The van der Waals surface area contributed by atoms with Gasteiger partial charge in [-0.25, -0.2) is 4.68 Å². The molecule has 4 aromatic rings. The van der Waals surface area contributed by atoms with Crippen molar-refractivity contribution in [1.29, 1.82) is 0 Å². The predicted molar refractivity (Wildman–Crippen MR) is 117 cm³/mol. The van der Waals surface area contributed by atoms with Crippen molar-refractivity contribution in [3.05, 3.63) is 92.4 Å². The lowest BCUT2D eigenvalue weighted by Gasteiger charge is -2.12. The SMILES string of the molecule is Cc1cc(=O)n(CC(=O)Nc2cccc([N+](=O)[O-])c2)c2c1c(C)nn2-c1ccccc1. The minimum atomic E-state index is -0.537. The average Bonchev–Trinajstić information content (AvgIpc) is 3.09. The van der Waals surface area contributed by atoms with Crippen LogP contribution in [0, 0.1) is 24.0 Å². The van der Waals surface area contributed by atoms with Gasteiger partial charge in [0.25, 0.3) is 11.2 Å². The smallest absolute Gasteiger partial charge is 0.271 e. The number of fused-ring (bicyclic) bond motifs is 1. The summed E-state index contributed by atoms with van der Waals surface area (Å²) in [5, 5.41) is 19.0. The number of nitrogens with zero attached hydrogens (tertiary/aromatic N) is 4. The number of benzene rings is 2. The van der Waals surface area contributed by atoms with E-state index in [-0.39, 0.29) is 23.5 Å². The molecule has 0 saturated carbocycles. The Hall–Kier alpha value is -4.27. The fourth-order valence-corrected chi connectivity index (χ4v) is 3.61. The quantitative estimate of drug-likeness (QED) is 0.395. The zero-order valence-corrected chi connectivity index (χ0v) is 16.9. The third kappa shape index (κ3) is 3.80. The van der Waals surface area contributed by atoms with Crippen molar-refractivity contribution in [2.45, 2.75) is 20.4 Å². The van der Waals surface area contributed by atoms with Crippen LogP contribution in [0.2, 0.25) is 0 Å². The van der Waals surface area contributed by atoms with E-state index in [1.165, 1.54) is 28.8 Å². The first-order valence-electron chi connectivity index (χ1n) is 9.54. The van der Waals surface area contributed by atoms with Crippen LogP contribution >= 0.6 is 0 Å². The summed E-state index contributed by atoms with van der Waals surface area (Å²) in [6.45, 7) is 3.42. The number of nitrogens with one attached hydrogen (secondary N) is 1. The van der Waals surface area contributed by atoms with Crippen molar-refractivity contribution in [2.75, 3.05) is 5.32 Å². The van der Waals surface area contributed by atoms with Gasteiger partial charge in [-0.3, -0.25) is 24.3 Å². The van der Waals surface area contributed by atoms with Crippen LogP contribution in [0.4, 0.5) is 11.4 Å². The molecule has 0 aliphatic carbocycles. The molecule has 2 heterocycles. The normalized spacial score (nSPS) is 10.9. The second-order valence-corrected chi connectivity index (χ2v) is 7.14. The second-order valence-electron chi connectivity index (χ2n) is 7.14. The van der Waals surface area contributed by atoms with Gasteiger partial charge in [0.2, 0.25) is 5.91 Å². The molecule has 0 fully saturated rings. The molecule has 156 valence electrons. The van der Waals surface area contributed by atoms with Crippen molar-refractivity contribution in [2.24, 2.45) is 0 Å². The number of nitro groups is 1. The number of nitro benzene ring substituents is 1. The van der Waals surface area contributed by atoms with Gasteiger partial charge in [0.05, 0.1) is 16.3 Å². The van der Waals surface area contributed by atoms with Gasteiger partial charge < -0.3 is 5.32 Å². The lowest BCUT2D eigenvalue weighted by molar-refractivity contribution is -0.384. The number of hydrogen-bond acceptors (Lipinski definition) is 5. The maximum Gasteiger partial charge on any atom is 0.271 e. The van der Waals surface area contributed by atoms with Gasteiger partial charge in [-0.15, -0.1) is 0 Å². The average molecular weight is 417 g/mol. The molecule has 0 aliphatic rings. The highest BCUT2D eigenvalue weighted by molar-refractivity contribution is 5.92. The molecular formula is C22H19N5O4. The van der Waals surface area contributed by atoms with Gasteiger partial charge in [0, 0.05) is 29.3 Å². The lowest BCUT2D eigenvalue weighted by Crippen LogP contribution is -2.29. The molecule has 0 radical (unpaired) electrons. The van der Waals surface area contributed by atoms with Crippen LogP contribution < -0.4 is 10.9 Å². The minimum absolute atomic E-state index is 0.134. The summed E-state index contributed by atoms with van der Waals surface area (Å²) < 4.78 is 3.02. The van der Waals surface area contributed by atoms with Crippen LogP contribution in [0.15, 0.2) is 65.5 Å². The maximum absolute atomic E-state index is 12.8. The molecule has 31 heavy (non-hydrogen) atoms. The van der Waals surface area contributed by atoms with Gasteiger partial charge in [-0.05, 0) is 37.6 Å². The Morgan fingerprint density at radius 2 is 1.84 bits per heavy atom. The van der Waals surface area contributed by atoms with Gasteiger partial charge in [-0.1, -0.05) is 24.3 Å². The molecule has 2 aromatic heterocycles. The Bertz CT molecular complexity index is 1370. The van der Waals surface area contributed by atoms with Crippen LogP contribution in [-0.4, -0.2) is 25.2 Å². The molecule has 0 saturated heterocycles. The summed E-state index contributed by atoms with van der Waals surface area (Å²) in [6, 6.07) is 16.5. The first-order valence-corrected chi connectivity index (χ1v) is 9.54. The van der Waals surface area contributed by atoms with Gasteiger partial charge in [0.15, 0.2) is 0 Å². The topological polar surface area (TPSA) is 112 Å². The summed E-state index contributed by atoms with van der Waals surface area (Å²) in [4.78, 5) is 36.0. The van der Waals surface area contributed by atoms with E-state index in [9.17, 15) is 19.7 Å². The summed E-state index contributed by atoms with van der Waals surface area (Å²) >= 11 is 0. The highest BCUT2D eigenvalue weighted by Gasteiger charge is 2.19. The van der Waals surface area contributed by atoms with E-state index in [0.29, 0.717) is 5.65 Å². The molecule has 0 aliphatic heterocycles. The van der Waals surface area contributed by atoms with E-state index in [1.54, 1.807) is 10.7 Å². The standard InChI is InChI=1S/C22H19N5O4/c1-14-11-20(29)25(13-19(28)23-16-7-6-10-18(12-16)27(30)31)22-21(14)15(2)24-26(22)17-8-4-3-5-9-17/h3-12H,13H2,1-2H3,(H,23,28). The molecule has 2 aromatic carbocycles. The predicted octanol–water partition coefficient (Wildman–Crippen LogP) is 3.35. The van der Waals surface area contributed by atoms with Crippen molar-refractivity contribution in [3.8, 4) is 5.69 Å². The summed E-state index contributed by atoms with van der Waals surface area (Å²) in [7, 11) is 0. The number of non-ortho nitro benzene ring substituents is 1. The maximum atomic E-state index is 12.8. The number of amides is 1. The Morgan fingerprint density at radius 1 is 1.10 bits per heavy atom. The zero-order valence-electron chi connectivity index (χ0n) is 16.9. The Morgan fingerprint density at radius 3 is 2.55 bits per heavy atom. The minimum Gasteiger partial charge on any atom is -0.324 e. The van der Waals surface area contributed by atoms with Crippen molar-refractivity contribution >= 4 is 28.3 Å². The van der Waals surface area contributed by atoms with Gasteiger partial charge >= 0.3 is 0 Å². The van der Waals surface area contributed by atoms with E-state index in [4.69, 9.17) is 0 Å². The second kappa shape index (κ2) is 7.86. The Labute approximate surface area is 176 Å². The Balaban J connectivity index is 1.77. The number of carbonyl (C=O) groups excluding carboxylic acids is 1. The van der Waals surface area contributed by atoms with E-state index in [0.717, 1.165) is 22.3 Å². The highest BCUT2D eigenvalue weighted by atomic mass is 16.6. The fourth-order valence-electron chi connectivity index (χ4n) is 3.61. The van der Waals surface area contributed by atoms with Crippen LogP contribution in [-0.2, 0) is 11.3 Å². The third-order valence-corrected chi connectivity index (χ3v) is 4.94. The number of para-hydroxylation sites is 1. The number of carbonyl (C=O) groups is 1. The monoisotopic (exact) mass is 417 g/mol. The van der Waals surface area contributed by atoms with E-state index in [2.05, 4.69) is 10.4 Å². The third-order valence-electron chi connectivity index (χ3n) is 4.94. The first kappa shape index (κ1) is 20.0. The molecule has 9 heteroatoms. The highest BCUT2D eigenvalue weighted by Crippen LogP contribution is 2.24. The molecule has 0 spiro atoms. The van der Waals surface area contributed by atoms with Gasteiger partial charge in [-0.2, -0.15) is 5.10 Å². The fraction of sp³-hybridized carbons (Fsp3) is 0.136. The largest absolute Gasteiger partial charge is 0.324 e. The molecule has 1 amide bonds. The molecule has 1 N–H and O–H groups in total. The number of aromatic nitrogens is 3. The van der Waals surface area contributed by atoms with Crippen LogP contribution in [0.25, 0.3) is 16.7 Å². The van der Waals surface area contributed by atoms with E-state index in [1.807, 2.05) is 44.2 Å². The Kier molecular flexibility index (Phi) is 5.08. The number of hydrogen-bond donors (Lipinski definition) is 1. The van der Waals surface area contributed by atoms with Crippen LogP contribution in [0.5, 0.6) is 0 Å². The summed E-state index contributed by atoms with van der Waals surface area (Å²) in [5.74, 6) is -0.480. The molecule has 0 unspecified atom stereocenters. The number of rotatable bonds is 5. The van der Waals surface area contributed by atoms with Crippen molar-refractivity contribution in [3.63, 3.8) is 0 Å². The number of anilines is 1. The summed E-state index contributed by atoms with van der Waals surface area (Å²) in [6.07, 6.45) is 0. The summed E-state index contributed by atoms with van der Waals surface area (Å²) in [5.41, 5.74) is 2.60. The molecule has 0 bridgehead atoms. The molecular weight excluding hydrogens is 398 g/mol. The zero-order chi connectivity index (χ0) is 22.1. The van der Waals surface area contributed by atoms with Crippen LogP contribution in [0.1, 0.15) is 11.3 Å². The van der Waals surface area contributed by atoms with Crippen LogP contribution in [0.3, 0.4) is 0 Å². The van der Waals surface area contributed by atoms with Crippen molar-refractivity contribution in [1.82, 2.24) is 14.3 Å². The van der Waals surface area contributed by atoms with Gasteiger partial charge in [0.1, 0.15) is 12.2 Å². The first-order chi connectivity index (χ1) is 14.8. The molecule has 9 nitrogen and oxygen atoms in total. The molecule has 4 rings (SSSR count). The number of aryl methyl sites for hydroxylation is 2. The number of pyridine rings is 1. The lowest BCUT2D eigenvalue weighted by atomic mass is 10.1. The molecule has 0 atom stereocenters. The van der Waals surface area contributed by atoms with E-state index < -0.39 is 10.8 Å². The van der Waals surface area contributed by atoms with E-state index >= 15 is 0 Å². The van der Waals surface area contributed by atoms with Crippen molar-refractivity contribution < 1.29 is 9.72 Å².